The van der Waals surface area contributed by atoms with E-state index in [4.69, 9.17) is 0 Å². The van der Waals surface area contributed by atoms with Crippen LogP contribution in [0.4, 0.5) is 0 Å². The summed E-state index contributed by atoms with van der Waals surface area (Å²) in [7, 11) is 0. The van der Waals surface area contributed by atoms with Gasteiger partial charge in [0.05, 0.1) is 0 Å². The second-order valence-electron chi connectivity index (χ2n) is 5.62. The fourth-order valence-electron chi connectivity index (χ4n) is 2.97. The number of hydrogen-bond donors (Lipinski definition) is 0. The Morgan fingerprint density at radius 1 is 0.650 bits per heavy atom. The summed E-state index contributed by atoms with van der Waals surface area (Å²) in [6, 6.07) is 21.6. The normalized spacial score (nSPS) is 14.8. The lowest BCUT2D eigenvalue weighted by Gasteiger charge is -2.13. The summed E-state index contributed by atoms with van der Waals surface area (Å²) in [6.07, 6.45) is 2.23. The van der Waals surface area contributed by atoms with Crippen LogP contribution in [-0.2, 0) is 0 Å². The molecule has 3 rings (SSSR count). The lowest BCUT2D eigenvalue weighted by molar-refractivity contribution is 1.14. The molecule has 0 saturated carbocycles. The molecule has 0 atom stereocenters. The van der Waals surface area contributed by atoms with Gasteiger partial charge in [0.15, 0.2) is 0 Å². The molecule has 0 heteroatoms. The third-order valence-electron chi connectivity index (χ3n) is 4.16. The average molecular weight is 260 g/mol. The molecule has 0 amide bonds. The van der Waals surface area contributed by atoms with Gasteiger partial charge in [-0.25, -0.2) is 0 Å². The molecule has 0 radical (unpaired) electrons. The number of hydrogen-bond acceptors (Lipinski definition) is 0. The Bertz CT molecular complexity index is 600. The SMILES string of the molecule is CC1=C(C)CC(=C(c2ccccc2)c2ccccc2)C1. The second kappa shape index (κ2) is 5.50. The Balaban J connectivity index is 2.14. The van der Waals surface area contributed by atoms with Crippen molar-refractivity contribution in [1.29, 1.82) is 0 Å². The average Bonchev–Trinajstić information content (AvgIpc) is 2.81. The highest BCUT2D eigenvalue weighted by molar-refractivity contribution is 5.83. The number of allylic oxidation sites excluding steroid dienone is 3. The molecule has 1 aliphatic carbocycles. The van der Waals surface area contributed by atoms with Gasteiger partial charge in [-0.05, 0) is 43.4 Å². The molecule has 0 heterocycles. The zero-order chi connectivity index (χ0) is 13.9. The van der Waals surface area contributed by atoms with E-state index in [1.165, 1.54) is 27.8 Å². The van der Waals surface area contributed by atoms with Gasteiger partial charge in [0.2, 0.25) is 0 Å². The van der Waals surface area contributed by atoms with Crippen molar-refractivity contribution in [3.63, 3.8) is 0 Å². The zero-order valence-corrected chi connectivity index (χ0v) is 12.2. The summed E-state index contributed by atoms with van der Waals surface area (Å²) in [5, 5.41) is 0. The van der Waals surface area contributed by atoms with Gasteiger partial charge in [0.1, 0.15) is 0 Å². The predicted octanol–water partition coefficient (Wildman–Crippen LogP) is 5.62. The lowest BCUT2D eigenvalue weighted by atomic mass is 9.91. The molecule has 1 aliphatic rings. The fraction of sp³-hybridized carbons (Fsp3) is 0.200. The number of rotatable bonds is 2. The van der Waals surface area contributed by atoms with Gasteiger partial charge in [0, 0.05) is 0 Å². The monoisotopic (exact) mass is 260 g/mol. The third-order valence-corrected chi connectivity index (χ3v) is 4.16. The smallest absolute Gasteiger partial charge is 0.00959 e. The molecule has 20 heavy (non-hydrogen) atoms. The molecule has 0 saturated heterocycles. The Morgan fingerprint density at radius 2 is 1.05 bits per heavy atom. The third kappa shape index (κ3) is 2.46. The fourth-order valence-corrected chi connectivity index (χ4v) is 2.97. The summed E-state index contributed by atoms with van der Waals surface area (Å²) in [4.78, 5) is 0. The summed E-state index contributed by atoms with van der Waals surface area (Å²) < 4.78 is 0. The van der Waals surface area contributed by atoms with E-state index in [0.717, 1.165) is 12.8 Å². The Labute approximate surface area is 121 Å². The van der Waals surface area contributed by atoms with Crippen molar-refractivity contribution in [2.24, 2.45) is 0 Å². The maximum absolute atomic E-state index is 2.26. The van der Waals surface area contributed by atoms with Crippen molar-refractivity contribution >= 4 is 5.57 Å². The molecule has 0 unspecified atom stereocenters. The standard InChI is InChI=1S/C20H20/c1-15-13-19(14-16(15)2)20(17-9-5-3-6-10-17)18-11-7-4-8-12-18/h3-12H,13-14H2,1-2H3. The van der Waals surface area contributed by atoms with Crippen LogP contribution in [0.15, 0.2) is 77.4 Å². The van der Waals surface area contributed by atoms with Crippen LogP contribution in [0.25, 0.3) is 5.57 Å². The molecule has 0 fully saturated rings. The van der Waals surface area contributed by atoms with E-state index in [-0.39, 0.29) is 0 Å². The summed E-state index contributed by atoms with van der Waals surface area (Å²) in [5.74, 6) is 0. The van der Waals surface area contributed by atoms with Crippen molar-refractivity contribution in [3.05, 3.63) is 88.5 Å². The molecule has 0 aliphatic heterocycles. The highest BCUT2D eigenvalue weighted by atomic mass is 14.2. The Hall–Kier alpha value is -2.08. The van der Waals surface area contributed by atoms with Crippen molar-refractivity contribution in [2.45, 2.75) is 26.7 Å². The predicted molar refractivity (Wildman–Crippen MR) is 86.5 cm³/mol. The molecular weight excluding hydrogens is 240 g/mol. The molecular formula is C20H20. The minimum atomic E-state index is 1.12. The van der Waals surface area contributed by atoms with Crippen LogP contribution in [0.3, 0.4) is 0 Å². The molecule has 0 aromatic heterocycles. The van der Waals surface area contributed by atoms with Gasteiger partial charge in [-0.2, -0.15) is 0 Å². The number of benzene rings is 2. The van der Waals surface area contributed by atoms with Crippen LogP contribution >= 0.6 is 0 Å². The highest BCUT2D eigenvalue weighted by Crippen LogP contribution is 2.38. The van der Waals surface area contributed by atoms with Gasteiger partial charge in [-0.3, -0.25) is 0 Å². The van der Waals surface area contributed by atoms with E-state index in [9.17, 15) is 0 Å². The maximum Gasteiger partial charge on any atom is -0.00959 e. The largest absolute Gasteiger partial charge is 0.0700 e. The summed E-state index contributed by atoms with van der Waals surface area (Å²) >= 11 is 0. The van der Waals surface area contributed by atoms with Gasteiger partial charge in [0.25, 0.3) is 0 Å². The maximum atomic E-state index is 2.26. The minimum Gasteiger partial charge on any atom is -0.0700 e. The van der Waals surface area contributed by atoms with E-state index >= 15 is 0 Å². The zero-order valence-electron chi connectivity index (χ0n) is 12.2. The molecule has 0 N–H and O–H groups in total. The Kier molecular flexibility index (Phi) is 3.56. The van der Waals surface area contributed by atoms with Crippen molar-refractivity contribution < 1.29 is 0 Å². The minimum absolute atomic E-state index is 1.12. The molecule has 0 bridgehead atoms. The van der Waals surface area contributed by atoms with Gasteiger partial charge in [-0.15, -0.1) is 0 Å². The van der Waals surface area contributed by atoms with Gasteiger partial charge < -0.3 is 0 Å². The van der Waals surface area contributed by atoms with Crippen molar-refractivity contribution in [1.82, 2.24) is 0 Å². The first-order valence-electron chi connectivity index (χ1n) is 7.24. The Morgan fingerprint density at radius 3 is 1.45 bits per heavy atom. The molecule has 100 valence electrons. The van der Waals surface area contributed by atoms with Crippen LogP contribution in [0.1, 0.15) is 37.8 Å². The van der Waals surface area contributed by atoms with Crippen LogP contribution < -0.4 is 0 Å². The second-order valence-corrected chi connectivity index (χ2v) is 5.62. The van der Waals surface area contributed by atoms with E-state index in [1.54, 1.807) is 5.57 Å². The first-order chi connectivity index (χ1) is 9.75. The summed E-state index contributed by atoms with van der Waals surface area (Å²) in [5.41, 5.74) is 8.70. The highest BCUT2D eigenvalue weighted by Gasteiger charge is 2.18. The lowest BCUT2D eigenvalue weighted by Crippen LogP contribution is -1.93. The van der Waals surface area contributed by atoms with E-state index in [1.807, 2.05) is 0 Å². The van der Waals surface area contributed by atoms with E-state index < -0.39 is 0 Å². The molecule has 0 nitrogen and oxygen atoms in total. The van der Waals surface area contributed by atoms with Crippen LogP contribution in [0.5, 0.6) is 0 Å². The van der Waals surface area contributed by atoms with Gasteiger partial charge >= 0.3 is 0 Å². The van der Waals surface area contributed by atoms with Crippen molar-refractivity contribution in [2.75, 3.05) is 0 Å². The summed E-state index contributed by atoms with van der Waals surface area (Å²) in [6.45, 7) is 4.52. The quantitative estimate of drug-likeness (QED) is 0.615. The van der Waals surface area contributed by atoms with Gasteiger partial charge in [-0.1, -0.05) is 77.4 Å². The van der Waals surface area contributed by atoms with Crippen LogP contribution in [0, 0.1) is 0 Å². The molecule has 2 aromatic rings. The molecule has 2 aromatic carbocycles. The molecule has 0 spiro atoms. The van der Waals surface area contributed by atoms with E-state index in [0.29, 0.717) is 0 Å². The van der Waals surface area contributed by atoms with Crippen LogP contribution in [0.2, 0.25) is 0 Å². The topological polar surface area (TPSA) is 0 Å². The first kappa shape index (κ1) is 12.9. The van der Waals surface area contributed by atoms with E-state index in [2.05, 4.69) is 74.5 Å². The first-order valence-corrected chi connectivity index (χ1v) is 7.24. The van der Waals surface area contributed by atoms with Crippen molar-refractivity contribution in [3.8, 4) is 0 Å². The van der Waals surface area contributed by atoms with Crippen LogP contribution in [-0.4, -0.2) is 0 Å².